The highest BCUT2D eigenvalue weighted by Crippen LogP contribution is 2.37. The predicted octanol–water partition coefficient (Wildman–Crippen LogP) is 1.56. The molecular weight excluding hydrogens is 312 g/mol. The van der Waals surface area contributed by atoms with Crippen LogP contribution in [0.3, 0.4) is 0 Å². The van der Waals surface area contributed by atoms with Crippen LogP contribution in [0.4, 0.5) is 5.00 Å². The van der Waals surface area contributed by atoms with Crippen LogP contribution in [0.2, 0.25) is 0 Å². The number of methoxy groups -OCH3 is 1. The molecule has 2 N–H and O–H groups in total. The SMILES string of the molecule is COC(=O)c1c(/N=C/c2ccccc2O)sc2c1CC[NH+](C)C2. The number of aliphatic imine (C=N–C) groups is 1. The Kier molecular flexibility index (Phi) is 4.45. The molecule has 1 atom stereocenters. The largest absolute Gasteiger partial charge is 0.507 e. The molecule has 0 aliphatic carbocycles. The van der Waals surface area contributed by atoms with Crippen LogP contribution in [0.25, 0.3) is 0 Å². The maximum atomic E-state index is 12.2. The fourth-order valence-corrected chi connectivity index (χ4v) is 4.03. The molecule has 2 aromatic rings. The van der Waals surface area contributed by atoms with Gasteiger partial charge in [-0.3, -0.25) is 0 Å². The zero-order chi connectivity index (χ0) is 16.4. The molecule has 1 aromatic carbocycles. The minimum atomic E-state index is -0.341. The fraction of sp³-hybridized carbons (Fsp3) is 0.294. The number of rotatable bonds is 3. The molecule has 0 bridgehead atoms. The van der Waals surface area contributed by atoms with Crippen LogP contribution in [-0.2, 0) is 17.7 Å². The number of fused-ring (bicyclic) bond motifs is 1. The molecule has 23 heavy (non-hydrogen) atoms. The van der Waals surface area contributed by atoms with Gasteiger partial charge in [-0.1, -0.05) is 12.1 Å². The second-order valence-corrected chi connectivity index (χ2v) is 6.71. The van der Waals surface area contributed by atoms with E-state index in [9.17, 15) is 9.90 Å². The highest BCUT2D eigenvalue weighted by atomic mass is 32.1. The summed E-state index contributed by atoms with van der Waals surface area (Å²) in [5, 5.41) is 10.5. The van der Waals surface area contributed by atoms with Gasteiger partial charge in [0, 0.05) is 18.2 Å². The molecule has 0 saturated heterocycles. The van der Waals surface area contributed by atoms with E-state index in [0.717, 1.165) is 25.1 Å². The van der Waals surface area contributed by atoms with Crippen molar-refractivity contribution in [3.63, 3.8) is 0 Å². The summed E-state index contributed by atoms with van der Waals surface area (Å²) in [5.74, 6) is -0.173. The zero-order valence-electron chi connectivity index (χ0n) is 13.1. The van der Waals surface area contributed by atoms with E-state index < -0.39 is 0 Å². The molecule has 0 amide bonds. The normalized spacial score (nSPS) is 17.2. The average molecular weight is 331 g/mol. The Labute approximate surface area is 138 Å². The van der Waals surface area contributed by atoms with Gasteiger partial charge in [0.25, 0.3) is 0 Å². The molecule has 1 aliphatic rings. The van der Waals surface area contributed by atoms with E-state index in [2.05, 4.69) is 12.0 Å². The van der Waals surface area contributed by atoms with Crippen LogP contribution < -0.4 is 4.90 Å². The van der Waals surface area contributed by atoms with Gasteiger partial charge >= 0.3 is 5.97 Å². The van der Waals surface area contributed by atoms with Crippen LogP contribution >= 0.6 is 11.3 Å². The summed E-state index contributed by atoms with van der Waals surface area (Å²) in [6, 6.07) is 6.98. The highest BCUT2D eigenvalue weighted by Gasteiger charge is 2.28. The highest BCUT2D eigenvalue weighted by molar-refractivity contribution is 7.16. The van der Waals surface area contributed by atoms with Crippen molar-refractivity contribution in [1.29, 1.82) is 0 Å². The number of phenolic OH excluding ortho intramolecular Hbond substituents is 1. The smallest absolute Gasteiger partial charge is 0.341 e. The Morgan fingerprint density at radius 1 is 1.43 bits per heavy atom. The summed E-state index contributed by atoms with van der Waals surface area (Å²) in [5.41, 5.74) is 2.26. The molecule has 2 heterocycles. The monoisotopic (exact) mass is 331 g/mol. The molecule has 1 aliphatic heterocycles. The molecule has 1 aromatic heterocycles. The molecule has 1 unspecified atom stereocenters. The first-order valence-electron chi connectivity index (χ1n) is 7.46. The summed E-state index contributed by atoms with van der Waals surface area (Å²) < 4.78 is 4.94. The summed E-state index contributed by atoms with van der Waals surface area (Å²) in [7, 11) is 3.54. The number of thiophene rings is 1. The lowest BCUT2D eigenvalue weighted by Crippen LogP contribution is -3.08. The predicted molar refractivity (Wildman–Crippen MR) is 90.2 cm³/mol. The third-order valence-corrected chi connectivity index (χ3v) is 5.12. The third-order valence-electron chi connectivity index (χ3n) is 3.98. The number of benzene rings is 1. The quantitative estimate of drug-likeness (QED) is 0.663. The number of nitrogens with zero attached hydrogens (tertiary/aromatic N) is 1. The van der Waals surface area contributed by atoms with Gasteiger partial charge in [0.2, 0.25) is 0 Å². The molecule has 120 valence electrons. The van der Waals surface area contributed by atoms with Gasteiger partial charge in [0.1, 0.15) is 22.9 Å². The van der Waals surface area contributed by atoms with E-state index >= 15 is 0 Å². The van der Waals surface area contributed by atoms with E-state index in [1.807, 2.05) is 6.07 Å². The number of quaternary nitrogens is 1. The van der Waals surface area contributed by atoms with Crippen molar-refractivity contribution >= 4 is 28.5 Å². The van der Waals surface area contributed by atoms with E-state index in [1.54, 1.807) is 24.4 Å². The van der Waals surface area contributed by atoms with Crippen molar-refractivity contribution in [2.24, 2.45) is 4.99 Å². The van der Waals surface area contributed by atoms with Gasteiger partial charge in [-0.25, -0.2) is 9.79 Å². The number of aromatic hydroxyl groups is 1. The lowest BCUT2D eigenvalue weighted by molar-refractivity contribution is -0.895. The molecule has 0 spiro atoms. The summed E-state index contributed by atoms with van der Waals surface area (Å²) >= 11 is 1.53. The second-order valence-electron chi connectivity index (χ2n) is 5.63. The zero-order valence-corrected chi connectivity index (χ0v) is 13.9. The molecule has 5 nitrogen and oxygen atoms in total. The molecule has 3 rings (SSSR count). The van der Waals surface area contributed by atoms with Crippen LogP contribution in [-0.4, -0.2) is 38.0 Å². The van der Waals surface area contributed by atoms with Crippen molar-refractivity contribution in [2.45, 2.75) is 13.0 Å². The Morgan fingerprint density at radius 3 is 2.96 bits per heavy atom. The Hall–Kier alpha value is -2.18. The number of carbonyl (C=O) groups is 1. The van der Waals surface area contributed by atoms with Crippen LogP contribution in [0.15, 0.2) is 29.3 Å². The van der Waals surface area contributed by atoms with Crippen molar-refractivity contribution in [2.75, 3.05) is 20.7 Å². The number of hydrogen-bond acceptors (Lipinski definition) is 5. The summed E-state index contributed by atoms with van der Waals surface area (Å²) in [4.78, 5) is 19.3. The number of ether oxygens (including phenoxy) is 1. The van der Waals surface area contributed by atoms with Gasteiger partial charge in [-0.05, 0) is 17.7 Å². The number of hydrogen-bond donors (Lipinski definition) is 2. The average Bonchev–Trinajstić information content (AvgIpc) is 2.90. The topological polar surface area (TPSA) is 63.3 Å². The molecule has 0 radical (unpaired) electrons. The Balaban J connectivity index is 2.01. The van der Waals surface area contributed by atoms with Crippen molar-refractivity contribution in [3.8, 4) is 5.75 Å². The number of likely N-dealkylation sites (N-methyl/N-ethyl adjacent to an activating group) is 1. The van der Waals surface area contributed by atoms with Crippen LogP contribution in [0.5, 0.6) is 5.75 Å². The first-order chi connectivity index (χ1) is 11.1. The van der Waals surface area contributed by atoms with Gasteiger partial charge < -0.3 is 14.7 Å². The van der Waals surface area contributed by atoms with Gasteiger partial charge in [-0.2, -0.15) is 0 Å². The maximum absolute atomic E-state index is 12.2. The lowest BCUT2D eigenvalue weighted by Gasteiger charge is -2.19. The molecule has 0 fully saturated rings. The number of nitrogens with one attached hydrogen (secondary N) is 1. The van der Waals surface area contributed by atoms with Crippen molar-refractivity contribution in [3.05, 3.63) is 45.8 Å². The summed E-state index contributed by atoms with van der Waals surface area (Å²) in [6.45, 7) is 1.90. The van der Waals surface area contributed by atoms with E-state index in [0.29, 0.717) is 16.1 Å². The fourth-order valence-electron chi connectivity index (χ4n) is 2.73. The van der Waals surface area contributed by atoms with Crippen LogP contribution in [0.1, 0.15) is 26.4 Å². The Morgan fingerprint density at radius 2 is 2.22 bits per heavy atom. The number of phenols is 1. The molecule has 0 saturated carbocycles. The van der Waals surface area contributed by atoms with Gasteiger partial charge in [-0.15, -0.1) is 11.3 Å². The van der Waals surface area contributed by atoms with E-state index in [-0.39, 0.29) is 11.7 Å². The van der Waals surface area contributed by atoms with E-state index in [4.69, 9.17) is 4.74 Å². The molecule has 6 heteroatoms. The maximum Gasteiger partial charge on any atom is 0.341 e. The standard InChI is InChI=1S/C17H18N2O3S/c1-19-8-7-12-14(10-19)23-16(15(12)17(21)22-2)18-9-11-5-3-4-6-13(11)20/h3-6,9,20H,7-8,10H2,1-2H3/p+1/b18-9+. The summed E-state index contributed by atoms with van der Waals surface area (Å²) in [6.07, 6.45) is 2.45. The number of esters is 1. The second kappa shape index (κ2) is 6.52. The third kappa shape index (κ3) is 3.13. The van der Waals surface area contributed by atoms with Gasteiger partial charge in [0.15, 0.2) is 0 Å². The Bertz CT molecular complexity index is 767. The van der Waals surface area contributed by atoms with Crippen molar-refractivity contribution < 1.29 is 19.5 Å². The lowest BCUT2D eigenvalue weighted by atomic mass is 10.0. The first-order valence-corrected chi connectivity index (χ1v) is 8.28. The number of carbonyl (C=O) groups excluding carboxylic acids is 1. The number of para-hydroxylation sites is 1. The minimum absolute atomic E-state index is 0.168. The van der Waals surface area contributed by atoms with E-state index in [1.165, 1.54) is 28.2 Å². The molecular formula is C17H19N2O3S+. The first kappa shape index (κ1) is 15.7. The minimum Gasteiger partial charge on any atom is -0.507 e. The van der Waals surface area contributed by atoms with Gasteiger partial charge in [0.05, 0.1) is 25.6 Å². The van der Waals surface area contributed by atoms with Crippen molar-refractivity contribution in [1.82, 2.24) is 0 Å². The van der Waals surface area contributed by atoms with Crippen LogP contribution in [0, 0.1) is 0 Å².